The number of nitrogens with one attached hydrogen (secondary N) is 1. The molecule has 1 atom stereocenters. The van der Waals surface area contributed by atoms with Crippen LogP contribution in [-0.4, -0.2) is 63.0 Å². The Kier molecular flexibility index (Phi) is 5.76. The van der Waals surface area contributed by atoms with Crippen molar-refractivity contribution in [1.82, 2.24) is 19.6 Å². The van der Waals surface area contributed by atoms with Gasteiger partial charge in [0.15, 0.2) is 0 Å². The second-order valence-corrected chi connectivity index (χ2v) is 8.79. The predicted octanol–water partition coefficient (Wildman–Crippen LogP) is 2.04. The first-order chi connectivity index (χ1) is 13.2. The van der Waals surface area contributed by atoms with Gasteiger partial charge < -0.3 is 15.1 Å². The quantitative estimate of drug-likeness (QED) is 0.854. The SMILES string of the molecule is CC(C(=O)N1CCC(n2nccc2NC(=O)C(C)(C)C)CC1)N1CCCC1=O. The first-order valence-electron chi connectivity index (χ1n) is 10.1. The van der Waals surface area contributed by atoms with Crippen LogP contribution in [-0.2, 0) is 14.4 Å². The van der Waals surface area contributed by atoms with Gasteiger partial charge in [0.05, 0.1) is 12.2 Å². The van der Waals surface area contributed by atoms with Crippen LogP contribution in [0.2, 0.25) is 0 Å². The molecule has 2 aliphatic rings. The van der Waals surface area contributed by atoms with Crippen LogP contribution in [0.5, 0.6) is 0 Å². The summed E-state index contributed by atoms with van der Waals surface area (Å²) in [6, 6.07) is 1.55. The maximum Gasteiger partial charge on any atom is 0.245 e. The van der Waals surface area contributed by atoms with Crippen molar-refractivity contribution in [2.45, 2.75) is 65.5 Å². The molecule has 3 amide bonds. The molecular formula is C20H31N5O3. The molecule has 2 saturated heterocycles. The van der Waals surface area contributed by atoms with E-state index in [0.29, 0.717) is 31.9 Å². The summed E-state index contributed by atoms with van der Waals surface area (Å²) >= 11 is 0. The van der Waals surface area contributed by atoms with Gasteiger partial charge in [0, 0.05) is 37.5 Å². The second-order valence-electron chi connectivity index (χ2n) is 8.79. The maximum atomic E-state index is 12.8. The van der Waals surface area contributed by atoms with Gasteiger partial charge in [-0.3, -0.25) is 14.4 Å². The van der Waals surface area contributed by atoms with Gasteiger partial charge in [0.1, 0.15) is 11.9 Å². The standard InChI is InChI=1S/C20H31N5O3/c1-14(24-11-5-6-17(24)26)18(27)23-12-8-15(9-13-23)25-16(7-10-21-25)22-19(28)20(2,3)4/h7,10,14-15H,5-6,8-9,11-13H2,1-4H3,(H,22,28). The Morgan fingerprint density at radius 1 is 1.21 bits per heavy atom. The summed E-state index contributed by atoms with van der Waals surface area (Å²) in [7, 11) is 0. The van der Waals surface area contributed by atoms with Gasteiger partial charge in [0.2, 0.25) is 17.7 Å². The number of aromatic nitrogens is 2. The minimum Gasteiger partial charge on any atom is -0.341 e. The fourth-order valence-corrected chi connectivity index (χ4v) is 3.81. The van der Waals surface area contributed by atoms with Crippen molar-refractivity contribution in [3.63, 3.8) is 0 Å². The minimum atomic E-state index is -0.478. The summed E-state index contributed by atoms with van der Waals surface area (Å²) in [5, 5.41) is 7.36. The lowest BCUT2D eigenvalue weighted by Crippen LogP contribution is -2.50. The van der Waals surface area contributed by atoms with Crippen LogP contribution >= 0.6 is 0 Å². The van der Waals surface area contributed by atoms with Crippen molar-refractivity contribution in [3.8, 4) is 0 Å². The number of piperidine rings is 1. The maximum absolute atomic E-state index is 12.8. The predicted molar refractivity (Wildman–Crippen MR) is 106 cm³/mol. The van der Waals surface area contributed by atoms with Gasteiger partial charge in [-0.05, 0) is 26.2 Å². The van der Waals surface area contributed by atoms with E-state index in [-0.39, 0.29) is 23.8 Å². The molecule has 0 spiro atoms. The molecule has 0 radical (unpaired) electrons. The van der Waals surface area contributed by atoms with E-state index in [2.05, 4.69) is 10.4 Å². The number of rotatable bonds is 4. The van der Waals surface area contributed by atoms with Crippen LogP contribution in [0.15, 0.2) is 12.3 Å². The van der Waals surface area contributed by atoms with Gasteiger partial charge in [0.25, 0.3) is 0 Å². The summed E-state index contributed by atoms with van der Waals surface area (Å²) < 4.78 is 1.86. The third-order valence-corrected chi connectivity index (χ3v) is 5.65. The van der Waals surface area contributed by atoms with Crippen LogP contribution in [0, 0.1) is 5.41 Å². The number of carbonyl (C=O) groups excluding carboxylic acids is 3. The van der Waals surface area contributed by atoms with Crippen molar-refractivity contribution < 1.29 is 14.4 Å². The number of hydrogen-bond donors (Lipinski definition) is 1. The molecule has 8 heteroatoms. The first kappa shape index (κ1) is 20.4. The van der Waals surface area contributed by atoms with Gasteiger partial charge in [-0.15, -0.1) is 0 Å². The van der Waals surface area contributed by atoms with Crippen molar-refractivity contribution in [2.75, 3.05) is 25.0 Å². The molecule has 0 bridgehead atoms. The van der Waals surface area contributed by atoms with Crippen molar-refractivity contribution in [3.05, 3.63) is 12.3 Å². The number of hydrogen-bond acceptors (Lipinski definition) is 4. The van der Waals surface area contributed by atoms with Gasteiger partial charge in [-0.1, -0.05) is 20.8 Å². The molecule has 0 saturated carbocycles. The lowest BCUT2D eigenvalue weighted by Gasteiger charge is -2.36. The number of likely N-dealkylation sites (tertiary alicyclic amines) is 2. The van der Waals surface area contributed by atoms with Crippen LogP contribution in [0.25, 0.3) is 0 Å². The molecule has 1 aromatic rings. The summed E-state index contributed by atoms with van der Waals surface area (Å²) in [6.45, 7) is 9.38. The van der Waals surface area contributed by atoms with Crippen LogP contribution < -0.4 is 5.32 Å². The number of carbonyl (C=O) groups is 3. The monoisotopic (exact) mass is 389 g/mol. The highest BCUT2D eigenvalue weighted by molar-refractivity contribution is 5.93. The molecule has 154 valence electrons. The second kappa shape index (κ2) is 7.93. The zero-order chi connectivity index (χ0) is 20.5. The largest absolute Gasteiger partial charge is 0.341 e. The van der Waals surface area contributed by atoms with Crippen molar-refractivity contribution >= 4 is 23.5 Å². The van der Waals surface area contributed by atoms with E-state index in [1.165, 1.54) is 0 Å². The fraction of sp³-hybridized carbons (Fsp3) is 0.700. The average Bonchev–Trinajstić information content (AvgIpc) is 3.28. The Hall–Kier alpha value is -2.38. The Bertz CT molecular complexity index is 743. The fourth-order valence-electron chi connectivity index (χ4n) is 3.81. The summed E-state index contributed by atoms with van der Waals surface area (Å²) in [5.74, 6) is 0.744. The van der Waals surface area contributed by atoms with E-state index in [0.717, 1.165) is 19.3 Å². The summed E-state index contributed by atoms with van der Waals surface area (Å²) in [6.07, 6.45) is 4.61. The van der Waals surface area contributed by atoms with E-state index in [1.54, 1.807) is 11.1 Å². The van der Waals surface area contributed by atoms with E-state index < -0.39 is 11.5 Å². The molecule has 3 rings (SSSR count). The molecule has 0 aromatic carbocycles. The Morgan fingerprint density at radius 3 is 2.46 bits per heavy atom. The Balaban J connectivity index is 1.59. The molecule has 2 fully saturated rings. The third kappa shape index (κ3) is 4.20. The van der Waals surface area contributed by atoms with E-state index >= 15 is 0 Å². The molecule has 8 nitrogen and oxygen atoms in total. The van der Waals surface area contributed by atoms with Crippen LogP contribution in [0.3, 0.4) is 0 Å². The molecule has 28 heavy (non-hydrogen) atoms. The number of amides is 3. The molecule has 2 aliphatic heterocycles. The number of anilines is 1. The van der Waals surface area contributed by atoms with Crippen LogP contribution in [0.1, 0.15) is 59.4 Å². The smallest absolute Gasteiger partial charge is 0.245 e. The third-order valence-electron chi connectivity index (χ3n) is 5.65. The highest BCUT2D eigenvalue weighted by Crippen LogP contribution is 2.27. The lowest BCUT2D eigenvalue weighted by molar-refractivity contribution is -0.143. The molecule has 1 N–H and O–H groups in total. The zero-order valence-corrected chi connectivity index (χ0v) is 17.3. The normalized spacial score (nSPS) is 19.8. The van der Waals surface area contributed by atoms with E-state index in [1.807, 2.05) is 43.3 Å². The number of nitrogens with zero attached hydrogens (tertiary/aromatic N) is 4. The Morgan fingerprint density at radius 2 is 1.89 bits per heavy atom. The molecular weight excluding hydrogens is 358 g/mol. The molecule has 0 aliphatic carbocycles. The van der Waals surface area contributed by atoms with Crippen molar-refractivity contribution in [2.24, 2.45) is 5.41 Å². The van der Waals surface area contributed by atoms with Crippen molar-refractivity contribution in [1.29, 1.82) is 0 Å². The highest BCUT2D eigenvalue weighted by Gasteiger charge is 2.34. The van der Waals surface area contributed by atoms with Gasteiger partial charge in [-0.25, -0.2) is 4.68 Å². The molecule has 1 unspecified atom stereocenters. The first-order valence-corrected chi connectivity index (χ1v) is 10.1. The molecule has 3 heterocycles. The van der Waals surface area contributed by atoms with Gasteiger partial charge >= 0.3 is 0 Å². The van der Waals surface area contributed by atoms with Crippen LogP contribution in [0.4, 0.5) is 5.82 Å². The Labute approximate surface area is 166 Å². The highest BCUT2D eigenvalue weighted by atomic mass is 16.2. The van der Waals surface area contributed by atoms with E-state index in [4.69, 9.17) is 0 Å². The molecule has 1 aromatic heterocycles. The minimum absolute atomic E-state index is 0.0235. The van der Waals surface area contributed by atoms with E-state index in [9.17, 15) is 14.4 Å². The lowest BCUT2D eigenvalue weighted by atomic mass is 9.96. The zero-order valence-electron chi connectivity index (χ0n) is 17.3. The summed E-state index contributed by atoms with van der Waals surface area (Å²) in [5.41, 5.74) is -0.478. The average molecular weight is 390 g/mol. The van der Waals surface area contributed by atoms with Gasteiger partial charge in [-0.2, -0.15) is 5.10 Å². The topological polar surface area (TPSA) is 87.5 Å². The summed E-state index contributed by atoms with van der Waals surface area (Å²) in [4.78, 5) is 40.6.